The molecule has 0 aliphatic carbocycles. The van der Waals surface area contributed by atoms with Crippen LogP contribution in [0.1, 0.15) is 5.56 Å². The van der Waals surface area contributed by atoms with Gasteiger partial charge >= 0.3 is 0 Å². The number of hydrogen-bond donors (Lipinski definition) is 0. The fraction of sp³-hybridized carbons (Fsp3) is 0.278. The Bertz CT molecular complexity index is 840. The van der Waals surface area contributed by atoms with E-state index in [0.717, 1.165) is 0 Å². The summed E-state index contributed by atoms with van der Waals surface area (Å²) in [5.74, 6) is 1.89. The van der Waals surface area contributed by atoms with Gasteiger partial charge in [-0.1, -0.05) is 0 Å². The van der Waals surface area contributed by atoms with E-state index < -0.39 is 4.92 Å². The van der Waals surface area contributed by atoms with Crippen molar-refractivity contribution in [2.75, 3.05) is 35.5 Å². The van der Waals surface area contributed by atoms with E-state index in [1.165, 1.54) is 53.9 Å². The van der Waals surface area contributed by atoms with Crippen molar-refractivity contribution in [1.82, 2.24) is 0 Å². The first kappa shape index (κ1) is 19.8. The van der Waals surface area contributed by atoms with Crippen molar-refractivity contribution in [3.05, 3.63) is 39.9 Å². The van der Waals surface area contributed by atoms with Crippen LogP contribution < -0.4 is 23.7 Å². The molecule has 0 aliphatic rings. The minimum absolute atomic E-state index is 0.163. The highest BCUT2D eigenvalue weighted by Crippen LogP contribution is 2.41. The van der Waals surface area contributed by atoms with Gasteiger partial charge < -0.3 is 23.7 Å². The molecule has 27 heavy (non-hydrogen) atoms. The lowest BCUT2D eigenvalue weighted by molar-refractivity contribution is -0.385. The minimum atomic E-state index is -0.515. The van der Waals surface area contributed by atoms with E-state index in [9.17, 15) is 10.1 Å². The van der Waals surface area contributed by atoms with Crippen molar-refractivity contribution >= 4 is 17.6 Å². The highest BCUT2D eigenvalue weighted by molar-refractivity contribution is 5.89. The maximum atomic E-state index is 11.4. The van der Waals surface area contributed by atoms with Crippen molar-refractivity contribution < 1.29 is 28.6 Å². The molecule has 2 aromatic rings. The number of nitrogens with zero attached hydrogens (tertiary/aromatic N) is 2. The van der Waals surface area contributed by atoms with Crippen LogP contribution in [0.5, 0.6) is 28.7 Å². The van der Waals surface area contributed by atoms with Crippen LogP contribution in [-0.2, 0) is 0 Å². The van der Waals surface area contributed by atoms with Gasteiger partial charge in [0.05, 0.1) is 57.8 Å². The van der Waals surface area contributed by atoms with E-state index in [4.69, 9.17) is 23.7 Å². The first-order chi connectivity index (χ1) is 13.0. The molecule has 0 amide bonds. The normalized spacial score (nSPS) is 10.6. The molecule has 0 fully saturated rings. The van der Waals surface area contributed by atoms with Crippen LogP contribution in [0, 0.1) is 10.1 Å². The molecule has 2 aromatic carbocycles. The molecular formula is C18H20N2O7. The lowest BCUT2D eigenvalue weighted by Gasteiger charge is -2.12. The average molecular weight is 376 g/mol. The second-order valence-electron chi connectivity index (χ2n) is 5.16. The molecule has 0 bridgehead atoms. The lowest BCUT2D eigenvalue weighted by atomic mass is 10.1. The molecule has 0 aromatic heterocycles. The summed E-state index contributed by atoms with van der Waals surface area (Å²) in [6.07, 6.45) is 1.36. The number of methoxy groups -OCH3 is 5. The lowest BCUT2D eigenvalue weighted by Crippen LogP contribution is -1.99. The molecule has 0 unspecified atom stereocenters. The van der Waals surface area contributed by atoms with Gasteiger partial charge in [0.25, 0.3) is 5.69 Å². The summed E-state index contributed by atoms with van der Waals surface area (Å²) in [5.41, 5.74) is 0.559. The standard InChI is InChI=1S/C18H20N2O7/c1-23-14-6-11(13(20(21)22)9-15(14)24-2)10-19-12-7-16(25-3)18(27-5)17(8-12)26-4/h6-10H,1-5H3. The van der Waals surface area contributed by atoms with E-state index in [1.807, 2.05) is 0 Å². The van der Waals surface area contributed by atoms with E-state index >= 15 is 0 Å². The smallest absolute Gasteiger partial charge is 0.282 e. The summed E-state index contributed by atoms with van der Waals surface area (Å²) in [5, 5.41) is 11.4. The molecule has 0 saturated heterocycles. The Morgan fingerprint density at radius 1 is 0.815 bits per heavy atom. The molecule has 0 saturated carbocycles. The van der Waals surface area contributed by atoms with Gasteiger partial charge in [-0.15, -0.1) is 0 Å². The van der Waals surface area contributed by atoms with Gasteiger partial charge in [0, 0.05) is 18.3 Å². The van der Waals surface area contributed by atoms with Crippen LogP contribution in [0.3, 0.4) is 0 Å². The van der Waals surface area contributed by atoms with E-state index in [0.29, 0.717) is 28.7 Å². The number of aliphatic imine (C=N–C) groups is 1. The molecule has 0 radical (unpaired) electrons. The predicted octanol–water partition coefficient (Wildman–Crippen LogP) is 3.39. The summed E-state index contributed by atoms with van der Waals surface area (Å²) in [6.45, 7) is 0. The van der Waals surface area contributed by atoms with E-state index in [-0.39, 0.29) is 17.0 Å². The van der Waals surface area contributed by atoms with Crippen molar-refractivity contribution in [3.8, 4) is 28.7 Å². The molecular weight excluding hydrogens is 356 g/mol. The SMILES string of the molecule is COc1cc(C=Nc2cc(OC)c(OC)c(OC)c2)c([N+](=O)[O-])cc1OC. The van der Waals surface area contributed by atoms with Gasteiger partial charge in [-0.3, -0.25) is 15.1 Å². The van der Waals surface area contributed by atoms with Crippen LogP contribution in [0.25, 0.3) is 0 Å². The van der Waals surface area contributed by atoms with Gasteiger partial charge in [-0.05, 0) is 6.07 Å². The van der Waals surface area contributed by atoms with Crippen molar-refractivity contribution in [3.63, 3.8) is 0 Å². The molecule has 0 N–H and O–H groups in total. The maximum absolute atomic E-state index is 11.4. The van der Waals surface area contributed by atoms with Crippen LogP contribution in [0.15, 0.2) is 29.3 Å². The predicted molar refractivity (Wildman–Crippen MR) is 99.6 cm³/mol. The van der Waals surface area contributed by atoms with Crippen molar-refractivity contribution in [1.29, 1.82) is 0 Å². The summed E-state index contributed by atoms with van der Waals surface area (Å²) >= 11 is 0. The first-order valence-electron chi connectivity index (χ1n) is 7.73. The fourth-order valence-corrected chi connectivity index (χ4v) is 2.43. The van der Waals surface area contributed by atoms with E-state index in [2.05, 4.69) is 4.99 Å². The molecule has 0 atom stereocenters. The van der Waals surface area contributed by atoms with Crippen LogP contribution in [-0.4, -0.2) is 46.7 Å². The highest BCUT2D eigenvalue weighted by Gasteiger charge is 2.19. The average Bonchev–Trinajstić information content (AvgIpc) is 2.70. The molecule has 2 rings (SSSR count). The second kappa shape index (κ2) is 8.75. The Labute approximate surface area is 156 Å². The molecule has 144 valence electrons. The number of nitro benzene ring substituents is 1. The third-order valence-corrected chi connectivity index (χ3v) is 3.73. The Hall–Kier alpha value is -3.49. The number of hydrogen-bond acceptors (Lipinski definition) is 8. The largest absolute Gasteiger partial charge is 0.493 e. The monoisotopic (exact) mass is 376 g/mol. The van der Waals surface area contributed by atoms with Gasteiger partial charge in [-0.25, -0.2) is 0 Å². The Morgan fingerprint density at radius 2 is 1.33 bits per heavy atom. The molecule has 9 nitrogen and oxygen atoms in total. The quantitative estimate of drug-likeness (QED) is 0.395. The topological polar surface area (TPSA) is 102 Å². The van der Waals surface area contributed by atoms with E-state index in [1.54, 1.807) is 12.1 Å². The van der Waals surface area contributed by atoms with Crippen molar-refractivity contribution in [2.45, 2.75) is 0 Å². The van der Waals surface area contributed by atoms with Gasteiger partial charge in [-0.2, -0.15) is 0 Å². The summed E-state index contributed by atoms with van der Waals surface area (Å²) < 4.78 is 26.1. The summed E-state index contributed by atoms with van der Waals surface area (Å²) in [4.78, 5) is 15.2. The van der Waals surface area contributed by atoms with Crippen LogP contribution in [0.4, 0.5) is 11.4 Å². The number of benzene rings is 2. The molecule has 0 spiro atoms. The number of rotatable bonds is 8. The maximum Gasteiger partial charge on any atom is 0.282 e. The molecule has 0 aliphatic heterocycles. The van der Waals surface area contributed by atoms with Gasteiger partial charge in [0.15, 0.2) is 23.0 Å². The Balaban J connectivity index is 2.53. The minimum Gasteiger partial charge on any atom is -0.493 e. The van der Waals surface area contributed by atoms with Crippen molar-refractivity contribution in [2.24, 2.45) is 4.99 Å². The van der Waals surface area contributed by atoms with Crippen LogP contribution in [0.2, 0.25) is 0 Å². The zero-order valence-electron chi connectivity index (χ0n) is 15.6. The molecule has 9 heteroatoms. The van der Waals surface area contributed by atoms with Crippen LogP contribution >= 0.6 is 0 Å². The summed E-state index contributed by atoms with van der Waals surface area (Å²) in [6, 6.07) is 6.03. The number of nitro groups is 1. The Morgan fingerprint density at radius 3 is 1.78 bits per heavy atom. The second-order valence-corrected chi connectivity index (χ2v) is 5.16. The third-order valence-electron chi connectivity index (χ3n) is 3.73. The zero-order valence-corrected chi connectivity index (χ0v) is 15.6. The van der Waals surface area contributed by atoms with Gasteiger partial charge in [0.2, 0.25) is 5.75 Å². The van der Waals surface area contributed by atoms with Gasteiger partial charge in [0.1, 0.15) is 0 Å². The summed E-state index contributed by atoms with van der Waals surface area (Å²) in [7, 11) is 7.33. The highest BCUT2D eigenvalue weighted by atomic mass is 16.6. The zero-order chi connectivity index (χ0) is 20.0. The molecule has 0 heterocycles. The first-order valence-corrected chi connectivity index (χ1v) is 7.73. The number of ether oxygens (including phenoxy) is 5. The Kier molecular flexibility index (Phi) is 6.42. The fourth-order valence-electron chi connectivity index (χ4n) is 2.43. The third kappa shape index (κ3) is 4.20.